The molecule has 0 bridgehead atoms. The molecule has 0 saturated carbocycles. The number of hydrogen-bond donors (Lipinski definition) is 1. The highest BCUT2D eigenvalue weighted by Crippen LogP contribution is 2.26. The molecule has 2 N–H and O–H groups in total. The first kappa shape index (κ1) is 17.6. The van der Waals surface area contributed by atoms with E-state index >= 15 is 0 Å². The van der Waals surface area contributed by atoms with Crippen LogP contribution in [0.3, 0.4) is 0 Å². The fraction of sp³-hybridized carbons (Fsp3) is 0.562. The summed E-state index contributed by atoms with van der Waals surface area (Å²) < 4.78 is 26.0. The van der Waals surface area contributed by atoms with E-state index in [1.165, 1.54) is 11.0 Å². The zero-order chi connectivity index (χ0) is 16.0. The van der Waals surface area contributed by atoms with Gasteiger partial charge in [0.25, 0.3) is 0 Å². The highest BCUT2D eigenvalue weighted by Gasteiger charge is 2.20. The second kappa shape index (κ2) is 7.50. The number of rotatable bonds is 7. The third-order valence-electron chi connectivity index (χ3n) is 3.67. The van der Waals surface area contributed by atoms with Crippen molar-refractivity contribution in [2.45, 2.75) is 39.7 Å². The second-order valence-corrected chi connectivity index (χ2v) is 6.20. The van der Waals surface area contributed by atoms with Gasteiger partial charge in [-0.15, -0.1) is 0 Å². The number of carbonyl (C=O) groups excluding carboxylic acids is 1. The van der Waals surface area contributed by atoms with E-state index in [0.29, 0.717) is 18.5 Å². The molecule has 1 aromatic rings. The SMILES string of the molecule is CN(Cc1ccc(F)c(F)c1)C(=O)CCC(C)(C)CCN. The molecule has 0 unspecified atom stereocenters. The summed E-state index contributed by atoms with van der Waals surface area (Å²) in [6, 6.07) is 3.69. The number of nitrogens with zero attached hydrogens (tertiary/aromatic N) is 1. The third kappa shape index (κ3) is 5.79. The Labute approximate surface area is 125 Å². The molecule has 0 fully saturated rings. The summed E-state index contributed by atoms with van der Waals surface area (Å²) in [5.41, 5.74) is 6.16. The van der Waals surface area contributed by atoms with E-state index in [1.807, 2.05) is 0 Å². The van der Waals surface area contributed by atoms with E-state index in [0.717, 1.165) is 25.0 Å². The molecule has 0 spiro atoms. The van der Waals surface area contributed by atoms with Crippen LogP contribution in [0, 0.1) is 17.0 Å². The van der Waals surface area contributed by atoms with Gasteiger partial charge in [-0.3, -0.25) is 4.79 Å². The van der Waals surface area contributed by atoms with Crippen molar-refractivity contribution in [1.29, 1.82) is 0 Å². The Kier molecular flexibility index (Phi) is 6.27. The molecular weight excluding hydrogens is 274 g/mol. The molecule has 1 aromatic carbocycles. The number of amides is 1. The number of nitrogens with two attached hydrogens (primary N) is 1. The van der Waals surface area contributed by atoms with Crippen LogP contribution in [0.25, 0.3) is 0 Å². The van der Waals surface area contributed by atoms with Crippen LogP contribution in [0.1, 0.15) is 38.7 Å². The first-order chi connectivity index (χ1) is 9.75. The maximum Gasteiger partial charge on any atom is 0.222 e. The van der Waals surface area contributed by atoms with Crippen molar-refractivity contribution in [3.63, 3.8) is 0 Å². The van der Waals surface area contributed by atoms with Gasteiger partial charge < -0.3 is 10.6 Å². The summed E-state index contributed by atoms with van der Waals surface area (Å²) in [4.78, 5) is 13.6. The maximum absolute atomic E-state index is 13.1. The number of halogens is 2. The van der Waals surface area contributed by atoms with Crippen molar-refractivity contribution in [2.75, 3.05) is 13.6 Å². The molecule has 0 aliphatic heterocycles. The predicted molar refractivity (Wildman–Crippen MR) is 79.5 cm³/mol. The Bertz CT molecular complexity index is 489. The third-order valence-corrected chi connectivity index (χ3v) is 3.67. The minimum Gasteiger partial charge on any atom is -0.341 e. The van der Waals surface area contributed by atoms with Gasteiger partial charge in [0.1, 0.15) is 0 Å². The lowest BCUT2D eigenvalue weighted by molar-refractivity contribution is -0.131. The summed E-state index contributed by atoms with van der Waals surface area (Å²) >= 11 is 0. The maximum atomic E-state index is 13.1. The van der Waals surface area contributed by atoms with Gasteiger partial charge in [0.15, 0.2) is 11.6 Å². The van der Waals surface area contributed by atoms with E-state index in [4.69, 9.17) is 5.73 Å². The molecule has 0 radical (unpaired) electrons. The molecule has 0 atom stereocenters. The van der Waals surface area contributed by atoms with Crippen LogP contribution in [0.2, 0.25) is 0 Å². The Morgan fingerprint density at radius 3 is 2.48 bits per heavy atom. The van der Waals surface area contributed by atoms with Gasteiger partial charge in [0.05, 0.1) is 0 Å². The van der Waals surface area contributed by atoms with Gasteiger partial charge in [-0.2, -0.15) is 0 Å². The van der Waals surface area contributed by atoms with Gasteiger partial charge >= 0.3 is 0 Å². The van der Waals surface area contributed by atoms with E-state index in [1.54, 1.807) is 7.05 Å². The molecule has 0 aliphatic carbocycles. The highest BCUT2D eigenvalue weighted by atomic mass is 19.2. The van der Waals surface area contributed by atoms with Crippen LogP contribution in [-0.2, 0) is 11.3 Å². The first-order valence-corrected chi connectivity index (χ1v) is 7.13. The predicted octanol–water partition coefficient (Wildman–Crippen LogP) is 3.08. The molecule has 0 aromatic heterocycles. The number of carbonyl (C=O) groups is 1. The lowest BCUT2D eigenvalue weighted by Gasteiger charge is -2.25. The van der Waals surface area contributed by atoms with Gasteiger partial charge in [0, 0.05) is 20.0 Å². The normalized spacial score (nSPS) is 11.5. The van der Waals surface area contributed by atoms with Crippen molar-refractivity contribution in [1.82, 2.24) is 4.90 Å². The van der Waals surface area contributed by atoms with Crippen LogP contribution in [0.5, 0.6) is 0 Å². The van der Waals surface area contributed by atoms with Crippen molar-refractivity contribution in [2.24, 2.45) is 11.1 Å². The molecule has 1 rings (SSSR count). The summed E-state index contributed by atoms with van der Waals surface area (Å²) in [7, 11) is 1.67. The first-order valence-electron chi connectivity index (χ1n) is 7.13. The van der Waals surface area contributed by atoms with E-state index < -0.39 is 11.6 Å². The minimum atomic E-state index is -0.891. The topological polar surface area (TPSA) is 46.3 Å². The van der Waals surface area contributed by atoms with Gasteiger partial charge in [-0.05, 0) is 42.5 Å². The Hall–Kier alpha value is -1.49. The Balaban J connectivity index is 2.53. The van der Waals surface area contributed by atoms with Crippen LogP contribution < -0.4 is 5.73 Å². The van der Waals surface area contributed by atoms with E-state index in [-0.39, 0.29) is 17.9 Å². The standard InChI is InChI=1S/C16H24F2N2O/c1-16(2,8-9-19)7-6-15(21)20(3)11-12-4-5-13(17)14(18)10-12/h4-5,10H,6-9,11,19H2,1-3H3. The minimum absolute atomic E-state index is 0.00942. The van der Waals surface area contributed by atoms with Gasteiger partial charge in [-0.1, -0.05) is 19.9 Å². The van der Waals surface area contributed by atoms with Crippen LogP contribution in [0.15, 0.2) is 18.2 Å². The molecule has 0 saturated heterocycles. The Morgan fingerprint density at radius 1 is 1.24 bits per heavy atom. The monoisotopic (exact) mass is 298 g/mol. The van der Waals surface area contributed by atoms with Crippen LogP contribution in [0.4, 0.5) is 8.78 Å². The average molecular weight is 298 g/mol. The quantitative estimate of drug-likeness (QED) is 0.841. The van der Waals surface area contributed by atoms with Crippen molar-refractivity contribution in [3.8, 4) is 0 Å². The zero-order valence-electron chi connectivity index (χ0n) is 13.0. The number of benzene rings is 1. The van der Waals surface area contributed by atoms with Crippen molar-refractivity contribution >= 4 is 5.91 Å². The molecular formula is C16H24F2N2O. The molecule has 0 aliphatic rings. The number of hydrogen-bond acceptors (Lipinski definition) is 2. The fourth-order valence-corrected chi connectivity index (χ4v) is 2.15. The lowest BCUT2D eigenvalue weighted by atomic mass is 9.84. The van der Waals surface area contributed by atoms with Crippen LogP contribution >= 0.6 is 0 Å². The van der Waals surface area contributed by atoms with Gasteiger partial charge in [-0.25, -0.2) is 8.78 Å². The van der Waals surface area contributed by atoms with Crippen molar-refractivity contribution < 1.29 is 13.6 Å². The fourth-order valence-electron chi connectivity index (χ4n) is 2.15. The summed E-state index contributed by atoms with van der Waals surface area (Å²) in [6.45, 7) is 5.05. The summed E-state index contributed by atoms with van der Waals surface area (Å²) in [5.74, 6) is -1.78. The smallest absolute Gasteiger partial charge is 0.222 e. The van der Waals surface area contributed by atoms with E-state index in [9.17, 15) is 13.6 Å². The zero-order valence-corrected chi connectivity index (χ0v) is 13.0. The van der Waals surface area contributed by atoms with E-state index in [2.05, 4.69) is 13.8 Å². The lowest BCUT2D eigenvalue weighted by Crippen LogP contribution is -2.28. The van der Waals surface area contributed by atoms with Crippen LogP contribution in [-0.4, -0.2) is 24.4 Å². The summed E-state index contributed by atoms with van der Waals surface area (Å²) in [6.07, 6.45) is 2.05. The van der Waals surface area contributed by atoms with Gasteiger partial charge in [0.2, 0.25) is 5.91 Å². The molecule has 3 nitrogen and oxygen atoms in total. The molecule has 0 heterocycles. The highest BCUT2D eigenvalue weighted by molar-refractivity contribution is 5.75. The Morgan fingerprint density at radius 2 is 1.90 bits per heavy atom. The van der Waals surface area contributed by atoms with Crippen molar-refractivity contribution in [3.05, 3.63) is 35.4 Å². The summed E-state index contributed by atoms with van der Waals surface area (Å²) in [5, 5.41) is 0. The molecule has 1 amide bonds. The molecule has 118 valence electrons. The largest absolute Gasteiger partial charge is 0.341 e. The molecule has 5 heteroatoms. The second-order valence-electron chi connectivity index (χ2n) is 6.20. The molecule has 21 heavy (non-hydrogen) atoms. The average Bonchev–Trinajstić information content (AvgIpc) is 2.40.